The topological polar surface area (TPSA) is 83.1 Å². The number of hydrogen-bond donors (Lipinski definition) is 2. The van der Waals surface area contributed by atoms with Crippen molar-refractivity contribution in [3.05, 3.63) is 30.9 Å². The van der Waals surface area contributed by atoms with E-state index in [-0.39, 0.29) is 4.90 Å². The summed E-state index contributed by atoms with van der Waals surface area (Å²) in [7, 11) is -4.17. The van der Waals surface area contributed by atoms with Crippen LogP contribution in [0.1, 0.15) is 0 Å². The number of aromatic nitrogens is 2. The van der Waals surface area contributed by atoms with Crippen molar-refractivity contribution in [2.24, 2.45) is 0 Å². The third-order valence-electron chi connectivity index (χ3n) is 2.07. The molecule has 17 heavy (non-hydrogen) atoms. The molecule has 0 spiro atoms. The zero-order valence-corrected chi connectivity index (χ0v) is 10.4. The number of fused-ring (bicyclic) bond motifs is 1. The zero-order chi connectivity index (χ0) is 12.5. The first-order chi connectivity index (χ1) is 8.00. The fraction of sp³-hybridized carbons (Fsp3) is 0.100. The summed E-state index contributed by atoms with van der Waals surface area (Å²) >= 11 is 1.46. The number of H-pyrrole nitrogens is 1. The summed E-state index contributed by atoms with van der Waals surface area (Å²) in [6.07, 6.45) is 1.75. The zero-order valence-electron chi connectivity index (χ0n) is 8.75. The molecule has 0 radical (unpaired) electrons. The second-order valence-electron chi connectivity index (χ2n) is 3.30. The number of hydrogen-bond acceptors (Lipinski definition) is 4. The Hall–Kier alpha value is -1.31. The van der Waals surface area contributed by atoms with Gasteiger partial charge in [-0.05, 0) is 18.2 Å². The van der Waals surface area contributed by atoms with Crippen LogP contribution in [0.15, 0.2) is 40.9 Å². The summed E-state index contributed by atoms with van der Waals surface area (Å²) in [5.41, 5.74) is 1.23. The average molecular weight is 270 g/mol. The van der Waals surface area contributed by atoms with Crippen molar-refractivity contribution in [1.29, 1.82) is 0 Å². The van der Waals surface area contributed by atoms with Crippen molar-refractivity contribution in [2.45, 2.75) is 10.1 Å². The maximum absolute atomic E-state index is 11.0. The van der Waals surface area contributed by atoms with Gasteiger partial charge < -0.3 is 4.98 Å². The van der Waals surface area contributed by atoms with Crippen molar-refractivity contribution in [3.63, 3.8) is 0 Å². The molecule has 0 aliphatic heterocycles. The molecule has 2 aromatic rings. The number of nitrogens with one attached hydrogen (secondary N) is 1. The molecule has 0 saturated carbocycles. The number of rotatable bonds is 4. The van der Waals surface area contributed by atoms with Gasteiger partial charge in [0.2, 0.25) is 0 Å². The van der Waals surface area contributed by atoms with Gasteiger partial charge in [0.15, 0.2) is 5.16 Å². The van der Waals surface area contributed by atoms with E-state index in [0.29, 0.717) is 21.9 Å². The largest absolute Gasteiger partial charge is 0.333 e. The SMILES string of the molecule is C=CCSc1nc2ccc(S(=O)(=O)O)cc2[nH]1. The van der Waals surface area contributed by atoms with Crippen LogP contribution in [0, 0.1) is 0 Å². The van der Waals surface area contributed by atoms with E-state index in [2.05, 4.69) is 16.5 Å². The molecule has 0 atom stereocenters. The maximum atomic E-state index is 11.0. The second kappa shape index (κ2) is 4.52. The molecule has 90 valence electrons. The highest BCUT2D eigenvalue weighted by Crippen LogP contribution is 2.21. The lowest BCUT2D eigenvalue weighted by molar-refractivity contribution is 0.483. The Kier molecular flexibility index (Phi) is 3.23. The molecular formula is C10H10N2O3S2. The standard InChI is InChI=1S/C10H10N2O3S2/c1-2-5-16-10-11-8-4-3-7(17(13,14)15)6-9(8)12-10/h2-4,6H,1,5H2,(H,11,12)(H,13,14,15). The van der Waals surface area contributed by atoms with Gasteiger partial charge in [-0.25, -0.2) is 4.98 Å². The van der Waals surface area contributed by atoms with Crippen molar-refractivity contribution in [1.82, 2.24) is 9.97 Å². The van der Waals surface area contributed by atoms with Gasteiger partial charge in [-0.1, -0.05) is 17.8 Å². The molecule has 2 rings (SSSR count). The molecule has 1 aromatic carbocycles. The lowest BCUT2D eigenvalue weighted by Gasteiger charge is -1.95. The van der Waals surface area contributed by atoms with Crippen LogP contribution in [0.5, 0.6) is 0 Å². The Morgan fingerprint density at radius 3 is 2.94 bits per heavy atom. The van der Waals surface area contributed by atoms with Crippen molar-refractivity contribution in [2.75, 3.05) is 5.75 Å². The van der Waals surface area contributed by atoms with Crippen LogP contribution in [0.4, 0.5) is 0 Å². The van der Waals surface area contributed by atoms with Crippen LogP contribution in [-0.4, -0.2) is 28.7 Å². The molecule has 1 heterocycles. The first kappa shape index (κ1) is 12.2. The smallest absolute Gasteiger partial charge is 0.294 e. The molecule has 1 aromatic heterocycles. The van der Waals surface area contributed by atoms with E-state index in [4.69, 9.17) is 4.55 Å². The third kappa shape index (κ3) is 2.68. The average Bonchev–Trinajstić information content (AvgIpc) is 2.66. The number of imidazole rings is 1. The van der Waals surface area contributed by atoms with Crippen LogP contribution in [0.3, 0.4) is 0 Å². The summed E-state index contributed by atoms with van der Waals surface area (Å²) < 4.78 is 30.8. The van der Waals surface area contributed by atoms with E-state index < -0.39 is 10.1 Å². The number of aromatic amines is 1. The fourth-order valence-corrected chi connectivity index (χ4v) is 2.46. The van der Waals surface area contributed by atoms with E-state index in [1.165, 1.54) is 23.9 Å². The number of nitrogens with zero attached hydrogens (tertiary/aromatic N) is 1. The minimum absolute atomic E-state index is 0.145. The van der Waals surface area contributed by atoms with E-state index in [9.17, 15) is 8.42 Å². The van der Waals surface area contributed by atoms with Crippen LogP contribution < -0.4 is 0 Å². The lowest BCUT2D eigenvalue weighted by atomic mass is 10.3. The van der Waals surface area contributed by atoms with Crippen LogP contribution in [-0.2, 0) is 10.1 Å². The Morgan fingerprint density at radius 1 is 1.53 bits per heavy atom. The van der Waals surface area contributed by atoms with Gasteiger partial charge in [0, 0.05) is 5.75 Å². The molecule has 7 heteroatoms. The maximum Gasteiger partial charge on any atom is 0.294 e. The van der Waals surface area contributed by atoms with Crippen molar-refractivity contribution in [3.8, 4) is 0 Å². The van der Waals surface area contributed by atoms with Gasteiger partial charge in [-0.3, -0.25) is 4.55 Å². The quantitative estimate of drug-likeness (QED) is 0.505. The minimum atomic E-state index is -4.17. The molecule has 2 N–H and O–H groups in total. The summed E-state index contributed by atoms with van der Waals surface area (Å²) in [4.78, 5) is 7.08. The summed E-state index contributed by atoms with van der Waals surface area (Å²) in [5.74, 6) is 0.713. The summed E-state index contributed by atoms with van der Waals surface area (Å²) in [6.45, 7) is 3.60. The molecule has 0 aliphatic carbocycles. The molecule has 0 fully saturated rings. The lowest BCUT2D eigenvalue weighted by Crippen LogP contribution is -1.97. The number of benzene rings is 1. The molecule has 0 amide bonds. The van der Waals surface area contributed by atoms with Gasteiger partial charge in [0.25, 0.3) is 10.1 Å². The first-order valence-corrected chi connectivity index (χ1v) is 7.14. The van der Waals surface area contributed by atoms with Gasteiger partial charge in [0.1, 0.15) is 0 Å². The fourth-order valence-electron chi connectivity index (χ4n) is 1.33. The molecular weight excluding hydrogens is 260 g/mol. The highest BCUT2D eigenvalue weighted by molar-refractivity contribution is 7.99. The normalized spacial score (nSPS) is 11.8. The third-order valence-corrected chi connectivity index (χ3v) is 3.79. The Bertz CT molecular complexity index is 661. The summed E-state index contributed by atoms with van der Waals surface area (Å²) in [6, 6.07) is 4.23. The highest BCUT2D eigenvalue weighted by atomic mass is 32.2. The van der Waals surface area contributed by atoms with Crippen LogP contribution in [0.25, 0.3) is 11.0 Å². The van der Waals surface area contributed by atoms with Gasteiger partial charge in [-0.15, -0.1) is 6.58 Å². The van der Waals surface area contributed by atoms with Gasteiger partial charge >= 0.3 is 0 Å². The predicted molar refractivity (Wildman–Crippen MR) is 66.8 cm³/mol. The van der Waals surface area contributed by atoms with Crippen molar-refractivity contribution >= 4 is 32.9 Å². The molecule has 0 saturated heterocycles. The monoisotopic (exact) mass is 270 g/mol. The Morgan fingerprint density at radius 2 is 2.29 bits per heavy atom. The minimum Gasteiger partial charge on any atom is -0.333 e. The Balaban J connectivity index is 2.44. The molecule has 5 nitrogen and oxygen atoms in total. The van der Waals surface area contributed by atoms with Crippen molar-refractivity contribution < 1.29 is 13.0 Å². The van der Waals surface area contributed by atoms with E-state index in [1.807, 2.05) is 0 Å². The van der Waals surface area contributed by atoms with E-state index in [0.717, 1.165) is 0 Å². The van der Waals surface area contributed by atoms with E-state index >= 15 is 0 Å². The highest BCUT2D eigenvalue weighted by Gasteiger charge is 2.11. The predicted octanol–water partition coefficient (Wildman–Crippen LogP) is 2.09. The van der Waals surface area contributed by atoms with E-state index in [1.54, 1.807) is 12.1 Å². The van der Waals surface area contributed by atoms with Crippen LogP contribution >= 0.6 is 11.8 Å². The molecule has 0 aliphatic rings. The van der Waals surface area contributed by atoms with Gasteiger partial charge in [-0.2, -0.15) is 8.42 Å². The van der Waals surface area contributed by atoms with Gasteiger partial charge in [0.05, 0.1) is 15.9 Å². The molecule has 0 unspecified atom stereocenters. The Labute approximate surface area is 103 Å². The summed E-state index contributed by atoms with van der Waals surface area (Å²) in [5, 5.41) is 0.687. The van der Waals surface area contributed by atoms with Crippen LogP contribution in [0.2, 0.25) is 0 Å². The molecule has 0 bridgehead atoms. The number of thioether (sulfide) groups is 1. The second-order valence-corrected chi connectivity index (χ2v) is 5.73. The first-order valence-electron chi connectivity index (χ1n) is 4.71.